The molecule has 4 nitrogen and oxygen atoms in total. The van der Waals surface area contributed by atoms with Gasteiger partial charge in [-0.05, 0) is 25.5 Å². The molecule has 2 aromatic rings. The zero-order chi connectivity index (χ0) is 12.3. The molecule has 88 valence electrons. The number of aromatic hydroxyl groups is 1. The topological polar surface area (TPSA) is 58.0 Å². The zero-order valence-corrected chi connectivity index (χ0v) is 9.94. The van der Waals surface area contributed by atoms with Crippen molar-refractivity contribution in [3.8, 4) is 5.75 Å². The van der Waals surface area contributed by atoms with Gasteiger partial charge in [0.2, 0.25) is 0 Å². The van der Waals surface area contributed by atoms with Gasteiger partial charge >= 0.3 is 0 Å². The third kappa shape index (κ3) is 2.53. The molecule has 1 aromatic heterocycles. The van der Waals surface area contributed by atoms with Crippen molar-refractivity contribution in [1.82, 2.24) is 9.97 Å². The normalized spacial score (nSPS) is 10.2. The van der Waals surface area contributed by atoms with Crippen molar-refractivity contribution in [2.24, 2.45) is 0 Å². The summed E-state index contributed by atoms with van der Waals surface area (Å²) in [7, 11) is 0. The van der Waals surface area contributed by atoms with Crippen LogP contribution in [0.2, 0.25) is 0 Å². The van der Waals surface area contributed by atoms with Crippen LogP contribution in [0, 0.1) is 13.8 Å². The Morgan fingerprint density at radius 1 is 1.24 bits per heavy atom. The molecule has 0 spiro atoms. The number of phenols is 1. The van der Waals surface area contributed by atoms with Gasteiger partial charge in [0.05, 0.1) is 18.4 Å². The van der Waals surface area contributed by atoms with Gasteiger partial charge in [-0.3, -0.25) is 9.97 Å². The van der Waals surface area contributed by atoms with Crippen LogP contribution >= 0.6 is 0 Å². The van der Waals surface area contributed by atoms with E-state index in [4.69, 9.17) is 0 Å². The number of aryl methyl sites for hydroxylation is 1. The molecule has 0 aliphatic heterocycles. The monoisotopic (exact) mass is 229 g/mol. The van der Waals surface area contributed by atoms with Crippen LogP contribution in [0.15, 0.2) is 30.7 Å². The van der Waals surface area contributed by atoms with E-state index in [1.807, 2.05) is 26.0 Å². The molecule has 17 heavy (non-hydrogen) atoms. The van der Waals surface area contributed by atoms with E-state index in [-0.39, 0.29) is 0 Å². The highest BCUT2D eigenvalue weighted by Crippen LogP contribution is 2.28. The Bertz CT molecular complexity index is 512. The smallest absolute Gasteiger partial charge is 0.123 e. The van der Waals surface area contributed by atoms with Crippen LogP contribution in [0.1, 0.15) is 16.8 Å². The lowest BCUT2D eigenvalue weighted by Crippen LogP contribution is -2.03. The maximum Gasteiger partial charge on any atom is 0.123 e. The maximum atomic E-state index is 9.82. The summed E-state index contributed by atoms with van der Waals surface area (Å²) in [6, 6.07) is 3.85. The Morgan fingerprint density at radius 3 is 2.76 bits per heavy atom. The fourth-order valence-corrected chi connectivity index (χ4v) is 1.63. The summed E-state index contributed by atoms with van der Waals surface area (Å²) >= 11 is 0. The van der Waals surface area contributed by atoms with Gasteiger partial charge in [0.15, 0.2) is 0 Å². The van der Waals surface area contributed by atoms with Crippen LogP contribution in [0.4, 0.5) is 5.69 Å². The van der Waals surface area contributed by atoms with Gasteiger partial charge in [0.25, 0.3) is 0 Å². The first-order valence-corrected chi connectivity index (χ1v) is 5.46. The molecule has 0 bridgehead atoms. The van der Waals surface area contributed by atoms with E-state index < -0.39 is 0 Å². The number of nitrogens with zero attached hydrogens (tertiary/aromatic N) is 2. The molecule has 0 saturated heterocycles. The molecule has 2 N–H and O–H groups in total. The molecular formula is C13H15N3O. The number of aromatic nitrogens is 2. The Balaban J connectivity index is 2.13. The molecule has 1 aromatic carbocycles. The minimum atomic E-state index is 0.342. The number of anilines is 1. The van der Waals surface area contributed by atoms with Crippen LogP contribution in [-0.2, 0) is 6.54 Å². The minimum Gasteiger partial charge on any atom is -0.507 e. The summed E-state index contributed by atoms with van der Waals surface area (Å²) in [5, 5.41) is 13.1. The van der Waals surface area contributed by atoms with Crippen LogP contribution in [0.25, 0.3) is 0 Å². The third-order valence-electron chi connectivity index (χ3n) is 2.71. The lowest BCUT2D eigenvalue weighted by atomic mass is 10.1. The number of rotatable bonds is 3. The van der Waals surface area contributed by atoms with Crippen molar-refractivity contribution in [3.63, 3.8) is 0 Å². The molecule has 0 atom stereocenters. The zero-order valence-electron chi connectivity index (χ0n) is 9.94. The van der Waals surface area contributed by atoms with E-state index in [2.05, 4.69) is 15.3 Å². The van der Waals surface area contributed by atoms with E-state index in [0.717, 1.165) is 22.5 Å². The predicted molar refractivity (Wildman–Crippen MR) is 66.9 cm³/mol. The van der Waals surface area contributed by atoms with Crippen molar-refractivity contribution in [3.05, 3.63) is 47.5 Å². The standard InChI is InChI=1S/C13H15N3O/c1-9-3-4-12(10(2)13(9)17)16-8-11-7-14-5-6-15-11/h3-7,16-17H,8H2,1-2H3. The van der Waals surface area contributed by atoms with Crippen LogP contribution in [0.3, 0.4) is 0 Å². The molecular weight excluding hydrogens is 214 g/mol. The van der Waals surface area contributed by atoms with Gasteiger partial charge in [-0.15, -0.1) is 0 Å². The second-order valence-electron chi connectivity index (χ2n) is 3.95. The molecule has 0 amide bonds. The first kappa shape index (κ1) is 11.4. The minimum absolute atomic E-state index is 0.342. The fourth-order valence-electron chi connectivity index (χ4n) is 1.63. The number of nitrogens with one attached hydrogen (secondary N) is 1. The summed E-state index contributed by atoms with van der Waals surface area (Å²) in [4.78, 5) is 8.18. The number of hydrogen-bond acceptors (Lipinski definition) is 4. The van der Waals surface area contributed by atoms with Gasteiger partial charge in [-0.25, -0.2) is 0 Å². The second-order valence-corrected chi connectivity index (χ2v) is 3.95. The summed E-state index contributed by atoms with van der Waals surface area (Å²) in [6.45, 7) is 4.37. The number of benzene rings is 1. The van der Waals surface area contributed by atoms with Crippen LogP contribution in [-0.4, -0.2) is 15.1 Å². The first-order chi connectivity index (χ1) is 8.18. The average Bonchev–Trinajstić information content (AvgIpc) is 2.36. The van der Waals surface area contributed by atoms with Crippen molar-refractivity contribution in [1.29, 1.82) is 0 Å². The second kappa shape index (κ2) is 4.82. The highest BCUT2D eigenvalue weighted by molar-refractivity contribution is 5.59. The van der Waals surface area contributed by atoms with E-state index in [1.165, 1.54) is 0 Å². The highest BCUT2D eigenvalue weighted by Gasteiger charge is 2.05. The van der Waals surface area contributed by atoms with Crippen molar-refractivity contribution < 1.29 is 5.11 Å². The summed E-state index contributed by atoms with van der Waals surface area (Å²) in [5.41, 5.74) is 3.52. The molecule has 0 aliphatic rings. The van der Waals surface area contributed by atoms with Gasteiger partial charge in [-0.1, -0.05) is 6.07 Å². The van der Waals surface area contributed by atoms with Crippen molar-refractivity contribution in [2.75, 3.05) is 5.32 Å². The summed E-state index contributed by atoms with van der Waals surface area (Å²) < 4.78 is 0. The van der Waals surface area contributed by atoms with Gasteiger partial charge < -0.3 is 10.4 Å². The SMILES string of the molecule is Cc1ccc(NCc2cnccn2)c(C)c1O. The number of phenolic OH excluding ortho intramolecular Hbond substituents is 1. The van der Waals surface area contributed by atoms with Crippen LogP contribution in [0.5, 0.6) is 5.75 Å². The van der Waals surface area contributed by atoms with Crippen molar-refractivity contribution in [2.45, 2.75) is 20.4 Å². The Hall–Kier alpha value is -2.10. The molecule has 0 fully saturated rings. The highest BCUT2D eigenvalue weighted by atomic mass is 16.3. The van der Waals surface area contributed by atoms with Crippen LogP contribution < -0.4 is 5.32 Å². The lowest BCUT2D eigenvalue weighted by molar-refractivity contribution is 0.467. The lowest BCUT2D eigenvalue weighted by Gasteiger charge is -2.11. The van der Waals surface area contributed by atoms with Gasteiger partial charge in [0, 0.05) is 23.6 Å². The molecule has 0 radical (unpaired) electrons. The Labute approximate surface area is 100 Å². The molecule has 2 rings (SSSR count). The molecule has 0 unspecified atom stereocenters. The average molecular weight is 229 g/mol. The number of hydrogen-bond donors (Lipinski definition) is 2. The maximum absolute atomic E-state index is 9.82. The third-order valence-corrected chi connectivity index (χ3v) is 2.71. The largest absolute Gasteiger partial charge is 0.507 e. The summed E-state index contributed by atoms with van der Waals surface area (Å²) in [6.07, 6.45) is 5.03. The van der Waals surface area contributed by atoms with Crippen molar-refractivity contribution >= 4 is 5.69 Å². The Morgan fingerprint density at radius 2 is 2.06 bits per heavy atom. The van der Waals surface area contributed by atoms with Gasteiger partial charge in [0.1, 0.15) is 5.75 Å². The first-order valence-electron chi connectivity index (χ1n) is 5.46. The predicted octanol–water partition coefficient (Wildman–Crippen LogP) is 2.41. The van der Waals surface area contributed by atoms with E-state index in [0.29, 0.717) is 12.3 Å². The fraction of sp³-hybridized carbons (Fsp3) is 0.231. The molecule has 0 saturated carbocycles. The van der Waals surface area contributed by atoms with E-state index in [9.17, 15) is 5.11 Å². The van der Waals surface area contributed by atoms with Gasteiger partial charge in [-0.2, -0.15) is 0 Å². The molecule has 0 aliphatic carbocycles. The Kier molecular flexibility index (Phi) is 3.23. The summed E-state index contributed by atoms with van der Waals surface area (Å²) in [5.74, 6) is 0.342. The molecule has 4 heteroatoms. The molecule has 1 heterocycles. The quantitative estimate of drug-likeness (QED) is 0.848. The van der Waals surface area contributed by atoms with E-state index >= 15 is 0 Å². The van der Waals surface area contributed by atoms with E-state index in [1.54, 1.807) is 18.6 Å².